The minimum Gasteiger partial charge on any atom is -0.487 e. The maximum atomic E-state index is 5.66. The van der Waals surface area contributed by atoms with Crippen molar-refractivity contribution in [3.8, 4) is 5.75 Å². The van der Waals surface area contributed by atoms with Crippen molar-refractivity contribution in [1.29, 1.82) is 0 Å². The van der Waals surface area contributed by atoms with E-state index < -0.39 is 0 Å². The first-order valence-electron chi connectivity index (χ1n) is 4.53. The number of anilines is 1. The molecule has 0 saturated heterocycles. The van der Waals surface area contributed by atoms with Gasteiger partial charge in [0.1, 0.15) is 11.9 Å². The van der Waals surface area contributed by atoms with Crippen LogP contribution in [0.3, 0.4) is 0 Å². The van der Waals surface area contributed by atoms with Crippen molar-refractivity contribution in [2.45, 2.75) is 19.6 Å². The average Bonchev–Trinajstić information content (AvgIpc) is 2.16. The number of hydrogen-bond acceptors (Lipinski definition) is 3. The summed E-state index contributed by atoms with van der Waals surface area (Å²) < 4.78 is 5.66. The second kappa shape index (κ2) is 3.26. The van der Waals surface area contributed by atoms with E-state index in [1.165, 1.54) is 0 Å². The molecule has 1 heterocycles. The van der Waals surface area contributed by atoms with Crippen molar-refractivity contribution in [3.63, 3.8) is 0 Å². The van der Waals surface area contributed by atoms with E-state index in [9.17, 15) is 0 Å². The lowest BCUT2D eigenvalue weighted by molar-refractivity contribution is 0.226. The SMILES string of the molecule is CC1CNc2c(CN)cccc2O1. The van der Waals surface area contributed by atoms with E-state index in [1.807, 2.05) is 25.1 Å². The van der Waals surface area contributed by atoms with Crippen LogP contribution in [0.4, 0.5) is 5.69 Å². The zero-order valence-corrected chi connectivity index (χ0v) is 7.71. The molecule has 0 saturated carbocycles. The van der Waals surface area contributed by atoms with E-state index in [2.05, 4.69) is 5.32 Å². The predicted octanol–water partition coefficient (Wildman–Crippen LogP) is 1.34. The highest BCUT2D eigenvalue weighted by Crippen LogP contribution is 2.31. The Labute approximate surface area is 77.9 Å². The van der Waals surface area contributed by atoms with E-state index in [1.54, 1.807) is 0 Å². The number of nitrogens with one attached hydrogen (secondary N) is 1. The number of nitrogens with two attached hydrogens (primary N) is 1. The van der Waals surface area contributed by atoms with Gasteiger partial charge in [-0.25, -0.2) is 0 Å². The van der Waals surface area contributed by atoms with Gasteiger partial charge in [0.25, 0.3) is 0 Å². The molecule has 1 aromatic rings. The monoisotopic (exact) mass is 178 g/mol. The van der Waals surface area contributed by atoms with Gasteiger partial charge in [-0.3, -0.25) is 0 Å². The second-order valence-corrected chi connectivity index (χ2v) is 3.30. The van der Waals surface area contributed by atoms with Crippen molar-refractivity contribution in [2.24, 2.45) is 5.73 Å². The third-order valence-electron chi connectivity index (χ3n) is 2.23. The first kappa shape index (κ1) is 8.38. The molecule has 3 heteroatoms. The Balaban J connectivity index is 2.39. The molecule has 0 bridgehead atoms. The molecular weight excluding hydrogens is 164 g/mol. The fourth-order valence-electron chi connectivity index (χ4n) is 1.55. The number of hydrogen-bond donors (Lipinski definition) is 2. The number of fused-ring (bicyclic) bond motifs is 1. The fraction of sp³-hybridized carbons (Fsp3) is 0.400. The Morgan fingerprint density at radius 1 is 1.62 bits per heavy atom. The first-order valence-corrected chi connectivity index (χ1v) is 4.53. The Morgan fingerprint density at radius 2 is 2.46 bits per heavy atom. The van der Waals surface area contributed by atoms with Crippen molar-refractivity contribution < 1.29 is 4.74 Å². The van der Waals surface area contributed by atoms with Crippen LogP contribution >= 0.6 is 0 Å². The van der Waals surface area contributed by atoms with Gasteiger partial charge in [-0.05, 0) is 18.6 Å². The van der Waals surface area contributed by atoms with Crippen LogP contribution in [-0.2, 0) is 6.54 Å². The molecule has 2 rings (SSSR count). The lowest BCUT2D eigenvalue weighted by Crippen LogP contribution is -2.28. The van der Waals surface area contributed by atoms with Crippen LogP contribution in [-0.4, -0.2) is 12.6 Å². The molecule has 70 valence electrons. The quantitative estimate of drug-likeness (QED) is 0.682. The standard InChI is InChI=1S/C10H14N2O/c1-7-6-12-10-8(5-11)3-2-4-9(10)13-7/h2-4,7,12H,5-6,11H2,1H3. The third-order valence-corrected chi connectivity index (χ3v) is 2.23. The van der Waals surface area contributed by atoms with E-state index in [4.69, 9.17) is 10.5 Å². The molecule has 3 nitrogen and oxygen atoms in total. The lowest BCUT2D eigenvalue weighted by atomic mass is 10.1. The molecule has 0 amide bonds. The number of benzene rings is 1. The van der Waals surface area contributed by atoms with Crippen LogP contribution in [0.5, 0.6) is 5.75 Å². The van der Waals surface area contributed by atoms with Crippen LogP contribution in [0.25, 0.3) is 0 Å². The number of ether oxygens (including phenoxy) is 1. The molecule has 0 radical (unpaired) electrons. The van der Waals surface area contributed by atoms with Crippen LogP contribution in [0.15, 0.2) is 18.2 Å². The zero-order chi connectivity index (χ0) is 9.26. The smallest absolute Gasteiger partial charge is 0.143 e. The Kier molecular flexibility index (Phi) is 2.10. The molecule has 13 heavy (non-hydrogen) atoms. The normalized spacial score (nSPS) is 20.0. The molecule has 1 aromatic carbocycles. The summed E-state index contributed by atoms with van der Waals surface area (Å²) in [6, 6.07) is 5.96. The molecule has 3 N–H and O–H groups in total. The van der Waals surface area contributed by atoms with Gasteiger partial charge in [0.15, 0.2) is 0 Å². The molecule has 0 aliphatic carbocycles. The average molecular weight is 178 g/mol. The van der Waals surface area contributed by atoms with E-state index in [-0.39, 0.29) is 6.10 Å². The summed E-state index contributed by atoms with van der Waals surface area (Å²) in [6.45, 7) is 3.45. The van der Waals surface area contributed by atoms with Crippen molar-refractivity contribution in [3.05, 3.63) is 23.8 Å². The summed E-state index contributed by atoms with van der Waals surface area (Å²) in [5.41, 5.74) is 7.79. The van der Waals surface area contributed by atoms with Crippen molar-refractivity contribution >= 4 is 5.69 Å². The van der Waals surface area contributed by atoms with Crippen LogP contribution < -0.4 is 15.8 Å². The maximum Gasteiger partial charge on any atom is 0.143 e. The Hall–Kier alpha value is -1.22. The van der Waals surface area contributed by atoms with E-state index >= 15 is 0 Å². The summed E-state index contributed by atoms with van der Waals surface area (Å²) in [4.78, 5) is 0. The van der Waals surface area contributed by atoms with Gasteiger partial charge in [-0.2, -0.15) is 0 Å². The summed E-state index contributed by atoms with van der Waals surface area (Å²) in [6.07, 6.45) is 0.237. The number of para-hydroxylation sites is 1. The van der Waals surface area contributed by atoms with E-state index in [0.717, 1.165) is 23.5 Å². The van der Waals surface area contributed by atoms with Crippen molar-refractivity contribution in [1.82, 2.24) is 0 Å². The predicted molar refractivity (Wildman–Crippen MR) is 52.9 cm³/mol. The number of rotatable bonds is 1. The summed E-state index contributed by atoms with van der Waals surface area (Å²) >= 11 is 0. The second-order valence-electron chi connectivity index (χ2n) is 3.30. The largest absolute Gasteiger partial charge is 0.487 e. The summed E-state index contributed by atoms with van der Waals surface area (Å²) in [5, 5.41) is 3.33. The maximum absolute atomic E-state index is 5.66. The topological polar surface area (TPSA) is 47.3 Å². The molecule has 1 unspecified atom stereocenters. The van der Waals surface area contributed by atoms with Gasteiger partial charge < -0.3 is 15.8 Å². The lowest BCUT2D eigenvalue weighted by Gasteiger charge is -2.26. The highest BCUT2D eigenvalue weighted by Gasteiger charge is 2.16. The van der Waals surface area contributed by atoms with Gasteiger partial charge in [0.05, 0.1) is 12.2 Å². The molecular formula is C10H14N2O. The molecule has 0 aromatic heterocycles. The minimum atomic E-state index is 0.237. The van der Waals surface area contributed by atoms with Gasteiger partial charge in [-0.15, -0.1) is 0 Å². The van der Waals surface area contributed by atoms with Gasteiger partial charge in [0, 0.05) is 6.54 Å². The Bertz CT molecular complexity index is 312. The molecule has 1 aliphatic heterocycles. The molecule has 0 spiro atoms. The summed E-state index contributed by atoms with van der Waals surface area (Å²) in [7, 11) is 0. The van der Waals surface area contributed by atoms with Crippen LogP contribution in [0, 0.1) is 0 Å². The van der Waals surface area contributed by atoms with Gasteiger partial charge in [-0.1, -0.05) is 12.1 Å². The Morgan fingerprint density at radius 3 is 3.23 bits per heavy atom. The van der Waals surface area contributed by atoms with E-state index in [0.29, 0.717) is 6.54 Å². The van der Waals surface area contributed by atoms with Gasteiger partial charge >= 0.3 is 0 Å². The van der Waals surface area contributed by atoms with Crippen LogP contribution in [0.2, 0.25) is 0 Å². The molecule has 1 aliphatic rings. The highest BCUT2D eigenvalue weighted by atomic mass is 16.5. The van der Waals surface area contributed by atoms with Crippen molar-refractivity contribution in [2.75, 3.05) is 11.9 Å². The first-order chi connectivity index (χ1) is 6.31. The molecule has 1 atom stereocenters. The summed E-state index contributed by atoms with van der Waals surface area (Å²) in [5.74, 6) is 0.918. The minimum absolute atomic E-state index is 0.237. The third kappa shape index (κ3) is 1.47. The molecule has 0 fully saturated rings. The fourth-order valence-corrected chi connectivity index (χ4v) is 1.55. The van der Waals surface area contributed by atoms with Gasteiger partial charge in [0.2, 0.25) is 0 Å². The van der Waals surface area contributed by atoms with Crippen LogP contribution in [0.1, 0.15) is 12.5 Å². The highest BCUT2D eigenvalue weighted by molar-refractivity contribution is 5.63. The zero-order valence-electron chi connectivity index (χ0n) is 7.71.